The molecule has 0 atom stereocenters. The summed E-state index contributed by atoms with van der Waals surface area (Å²) >= 11 is 1.70. The highest BCUT2D eigenvalue weighted by molar-refractivity contribution is 8.01. The van der Waals surface area contributed by atoms with Gasteiger partial charge in [0, 0.05) is 0 Å². The molecular weight excluding hydrogens is 170 g/mol. The van der Waals surface area contributed by atoms with E-state index in [0.717, 1.165) is 11.7 Å². The molecule has 0 bridgehead atoms. The van der Waals surface area contributed by atoms with Crippen LogP contribution in [0.2, 0.25) is 0 Å². The minimum Gasteiger partial charge on any atom is -0.368 e. The van der Waals surface area contributed by atoms with Crippen LogP contribution in [0.15, 0.2) is 0 Å². The van der Waals surface area contributed by atoms with Crippen molar-refractivity contribution in [2.75, 3.05) is 5.75 Å². The minimum atomic E-state index is -0.379. The van der Waals surface area contributed by atoms with Gasteiger partial charge in [0.05, 0.1) is 4.75 Å². The molecule has 0 aromatic carbocycles. The third-order valence-corrected chi connectivity index (χ3v) is 4.06. The van der Waals surface area contributed by atoms with Gasteiger partial charge in [0.25, 0.3) is 0 Å². The maximum Gasteiger partial charge on any atom is 0.233 e. The summed E-state index contributed by atoms with van der Waals surface area (Å²) in [7, 11) is 0. The van der Waals surface area contributed by atoms with Crippen LogP contribution in [-0.2, 0) is 4.79 Å². The first-order chi connectivity index (χ1) is 5.52. The zero-order chi connectivity index (χ0) is 9.19. The summed E-state index contributed by atoms with van der Waals surface area (Å²) < 4.78 is -0.379. The van der Waals surface area contributed by atoms with E-state index in [1.54, 1.807) is 11.8 Å². The fraction of sp³-hybridized carbons (Fsp3) is 0.889. The molecule has 2 nitrogen and oxygen atoms in total. The van der Waals surface area contributed by atoms with Crippen molar-refractivity contribution in [2.45, 2.75) is 37.9 Å². The average molecular weight is 187 g/mol. The third-order valence-electron chi connectivity index (χ3n) is 2.50. The second kappa shape index (κ2) is 3.69. The zero-order valence-corrected chi connectivity index (χ0v) is 8.62. The van der Waals surface area contributed by atoms with Crippen LogP contribution in [0, 0.1) is 5.92 Å². The lowest BCUT2D eigenvalue weighted by Crippen LogP contribution is -2.36. The van der Waals surface area contributed by atoms with Crippen molar-refractivity contribution >= 4 is 17.7 Å². The van der Waals surface area contributed by atoms with Crippen molar-refractivity contribution in [3.8, 4) is 0 Å². The molecule has 2 N–H and O–H groups in total. The molecule has 1 rings (SSSR count). The van der Waals surface area contributed by atoms with Gasteiger partial charge in [-0.2, -0.15) is 0 Å². The molecule has 1 aliphatic rings. The molecule has 12 heavy (non-hydrogen) atoms. The highest BCUT2D eigenvalue weighted by Crippen LogP contribution is 2.34. The summed E-state index contributed by atoms with van der Waals surface area (Å²) in [6.45, 7) is 3.80. The Kier molecular flexibility index (Phi) is 3.04. The number of carbonyl (C=O) groups is 1. The van der Waals surface area contributed by atoms with E-state index < -0.39 is 0 Å². The van der Waals surface area contributed by atoms with Gasteiger partial charge in [0.15, 0.2) is 0 Å². The predicted octanol–water partition coefficient (Wildman–Crippen LogP) is 1.78. The first-order valence-corrected chi connectivity index (χ1v) is 5.45. The molecule has 0 heterocycles. The van der Waals surface area contributed by atoms with Crippen LogP contribution >= 0.6 is 11.8 Å². The van der Waals surface area contributed by atoms with Crippen molar-refractivity contribution in [3.05, 3.63) is 0 Å². The topological polar surface area (TPSA) is 43.1 Å². The number of hydrogen-bond donors (Lipinski definition) is 1. The maximum atomic E-state index is 10.9. The fourth-order valence-corrected chi connectivity index (χ4v) is 2.18. The number of primary amides is 1. The first kappa shape index (κ1) is 9.90. The van der Waals surface area contributed by atoms with Gasteiger partial charge < -0.3 is 5.73 Å². The molecule has 0 unspecified atom stereocenters. The number of rotatable bonds is 4. The largest absolute Gasteiger partial charge is 0.368 e. The van der Waals surface area contributed by atoms with Crippen LogP contribution in [-0.4, -0.2) is 16.4 Å². The quantitative estimate of drug-likeness (QED) is 0.729. The van der Waals surface area contributed by atoms with E-state index in [4.69, 9.17) is 5.73 Å². The SMILES string of the molecule is CC(C)(SCC1CCC1)C(N)=O. The van der Waals surface area contributed by atoms with Gasteiger partial charge in [-0.15, -0.1) is 11.8 Å². The minimum absolute atomic E-state index is 0.202. The standard InChI is InChI=1S/C9H17NOS/c1-9(2,8(10)11)12-6-7-4-3-5-7/h7H,3-6H2,1-2H3,(H2,10,11). The number of amides is 1. The van der Waals surface area contributed by atoms with Gasteiger partial charge >= 0.3 is 0 Å². The lowest BCUT2D eigenvalue weighted by atomic mass is 9.87. The Hall–Kier alpha value is -0.180. The van der Waals surface area contributed by atoms with Crippen molar-refractivity contribution in [3.63, 3.8) is 0 Å². The summed E-state index contributed by atoms with van der Waals surface area (Å²) in [6.07, 6.45) is 4.03. The van der Waals surface area contributed by atoms with Crippen molar-refractivity contribution < 1.29 is 4.79 Å². The lowest BCUT2D eigenvalue weighted by molar-refractivity contribution is -0.119. The second-order valence-electron chi connectivity index (χ2n) is 3.98. The Labute approximate surface area is 78.3 Å². The van der Waals surface area contributed by atoms with Gasteiger partial charge in [-0.3, -0.25) is 4.79 Å². The van der Waals surface area contributed by atoms with Crippen LogP contribution in [0.3, 0.4) is 0 Å². The zero-order valence-electron chi connectivity index (χ0n) is 7.80. The van der Waals surface area contributed by atoms with Crippen molar-refractivity contribution in [1.82, 2.24) is 0 Å². The summed E-state index contributed by atoms with van der Waals surface area (Å²) in [5.74, 6) is 1.73. The van der Waals surface area contributed by atoms with Crippen molar-refractivity contribution in [1.29, 1.82) is 0 Å². The summed E-state index contributed by atoms with van der Waals surface area (Å²) in [6, 6.07) is 0. The Morgan fingerprint density at radius 1 is 1.58 bits per heavy atom. The van der Waals surface area contributed by atoms with Crippen LogP contribution in [0.25, 0.3) is 0 Å². The number of carbonyl (C=O) groups excluding carboxylic acids is 1. The van der Waals surface area contributed by atoms with Crippen LogP contribution in [0.5, 0.6) is 0 Å². The van der Waals surface area contributed by atoms with Gasteiger partial charge in [-0.1, -0.05) is 6.42 Å². The molecule has 0 spiro atoms. The number of thioether (sulfide) groups is 1. The smallest absolute Gasteiger partial charge is 0.233 e. The normalized spacial score (nSPS) is 18.8. The van der Waals surface area contributed by atoms with E-state index >= 15 is 0 Å². The van der Waals surface area contributed by atoms with Crippen molar-refractivity contribution in [2.24, 2.45) is 11.7 Å². The molecule has 70 valence electrons. The van der Waals surface area contributed by atoms with Gasteiger partial charge in [0.2, 0.25) is 5.91 Å². The fourth-order valence-electron chi connectivity index (χ4n) is 1.06. The van der Waals surface area contributed by atoms with Gasteiger partial charge in [-0.25, -0.2) is 0 Å². The average Bonchev–Trinajstić information content (AvgIpc) is 1.83. The Morgan fingerprint density at radius 3 is 2.50 bits per heavy atom. The van der Waals surface area contributed by atoms with Gasteiger partial charge in [-0.05, 0) is 38.4 Å². The Bertz CT molecular complexity index is 175. The second-order valence-corrected chi connectivity index (χ2v) is 5.63. The summed E-state index contributed by atoms with van der Waals surface area (Å²) in [4.78, 5) is 10.9. The Balaban J connectivity index is 2.24. The third kappa shape index (κ3) is 2.41. The molecule has 1 saturated carbocycles. The molecule has 1 aliphatic carbocycles. The molecular formula is C9H17NOS. The highest BCUT2D eigenvalue weighted by Gasteiger charge is 2.28. The maximum absolute atomic E-state index is 10.9. The predicted molar refractivity (Wildman–Crippen MR) is 53.1 cm³/mol. The van der Waals surface area contributed by atoms with E-state index in [1.807, 2.05) is 13.8 Å². The molecule has 1 amide bonds. The molecule has 0 aliphatic heterocycles. The van der Waals surface area contributed by atoms with Crippen LogP contribution < -0.4 is 5.73 Å². The monoisotopic (exact) mass is 187 g/mol. The molecule has 0 radical (unpaired) electrons. The molecule has 0 aromatic heterocycles. The van der Waals surface area contributed by atoms with Gasteiger partial charge in [0.1, 0.15) is 0 Å². The molecule has 3 heteroatoms. The molecule has 0 saturated heterocycles. The van der Waals surface area contributed by atoms with E-state index in [0.29, 0.717) is 0 Å². The lowest BCUT2D eigenvalue weighted by Gasteiger charge is -2.28. The Morgan fingerprint density at radius 2 is 2.17 bits per heavy atom. The van der Waals surface area contributed by atoms with Crippen LogP contribution in [0.1, 0.15) is 33.1 Å². The van der Waals surface area contributed by atoms with E-state index in [-0.39, 0.29) is 10.7 Å². The van der Waals surface area contributed by atoms with E-state index in [9.17, 15) is 4.79 Å². The highest BCUT2D eigenvalue weighted by atomic mass is 32.2. The molecule has 0 aromatic rings. The van der Waals surface area contributed by atoms with E-state index in [2.05, 4.69) is 0 Å². The van der Waals surface area contributed by atoms with E-state index in [1.165, 1.54) is 19.3 Å². The number of nitrogens with two attached hydrogens (primary N) is 1. The summed E-state index contributed by atoms with van der Waals surface area (Å²) in [5.41, 5.74) is 5.26. The first-order valence-electron chi connectivity index (χ1n) is 4.46. The van der Waals surface area contributed by atoms with Crippen LogP contribution in [0.4, 0.5) is 0 Å². The molecule has 1 fully saturated rings. The summed E-state index contributed by atoms with van der Waals surface area (Å²) in [5, 5.41) is 0. The number of hydrogen-bond acceptors (Lipinski definition) is 2.